The summed E-state index contributed by atoms with van der Waals surface area (Å²) in [6.45, 7) is 3.49. The Morgan fingerprint density at radius 1 is 1.21 bits per heavy atom. The fourth-order valence-electron chi connectivity index (χ4n) is 3.26. The lowest BCUT2D eigenvalue weighted by Gasteiger charge is -2.31. The summed E-state index contributed by atoms with van der Waals surface area (Å²) in [6.07, 6.45) is 1.77. The summed E-state index contributed by atoms with van der Waals surface area (Å²) < 4.78 is 12.7. The molecule has 0 saturated carbocycles. The minimum Gasteiger partial charge on any atom is -0.494 e. The highest BCUT2D eigenvalue weighted by Crippen LogP contribution is 2.43. The quantitative estimate of drug-likeness (QED) is 0.621. The van der Waals surface area contributed by atoms with Gasteiger partial charge in [0.05, 0.1) is 31.1 Å². The van der Waals surface area contributed by atoms with Gasteiger partial charge in [-0.05, 0) is 38.1 Å². The molecule has 148 valence electrons. The minimum atomic E-state index is -0.249. The van der Waals surface area contributed by atoms with E-state index in [4.69, 9.17) is 9.47 Å². The summed E-state index contributed by atoms with van der Waals surface area (Å²) in [4.78, 5) is 26.1. The van der Waals surface area contributed by atoms with Crippen LogP contribution >= 0.6 is 0 Å². The van der Waals surface area contributed by atoms with Crippen LogP contribution in [0.2, 0.25) is 0 Å². The van der Waals surface area contributed by atoms with Crippen molar-refractivity contribution in [2.45, 2.75) is 20.4 Å². The Morgan fingerprint density at radius 3 is 2.66 bits per heavy atom. The number of hydrogen-bond donors (Lipinski definition) is 0. The molecule has 0 unspecified atom stereocenters. The van der Waals surface area contributed by atoms with Crippen molar-refractivity contribution >= 4 is 17.4 Å². The van der Waals surface area contributed by atoms with Crippen molar-refractivity contribution in [3.63, 3.8) is 0 Å². The molecule has 1 aliphatic heterocycles. The number of methoxy groups -OCH3 is 1. The zero-order chi connectivity index (χ0) is 20.5. The van der Waals surface area contributed by atoms with Crippen LogP contribution in [0.25, 0.3) is 5.69 Å². The zero-order valence-corrected chi connectivity index (χ0v) is 16.4. The number of carbonyl (C=O) groups excluding carboxylic acids is 2. The topological polar surface area (TPSA) is 86.5 Å². The van der Waals surface area contributed by atoms with Crippen molar-refractivity contribution in [2.75, 3.05) is 18.6 Å². The number of ether oxygens (including phenoxy) is 2. The number of fused-ring (bicyclic) bond motifs is 1. The molecule has 8 heteroatoms. The number of benzene rings is 2. The van der Waals surface area contributed by atoms with Gasteiger partial charge >= 0.3 is 0 Å². The van der Waals surface area contributed by atoms with Crippen LogP contribution in [0.5, 0.6) is 11.5 Å². The lowest BCUT2D eigenvalue weighted by Crippen LogP contribution is -2.39. The van der Waals surface area contributed by atoms with Gasteiger partial charge in [-0.15, -0.1) is 5.10 Å². The molecular weight excluding hydrogens is 372 g/mol. The van der Waals surface area contributed by atoms with E-state index in [-0.39, 0.29) is 24.8 Å². The van der Waals surface area contributed by atoms with Crippen molar-refractivity contribution in [1.82, 2.24) is 15.0 Å². The molecule has 29 heavy (non-hydrogen) atoms. The second-order valence-electron chi connectivity index (χ2n) is 6.81. The first-order valence-corrected chi connectivity index (χ1v) is 9.11. The Kier molecular flexibility index (Phi) is 4.75. The number of rotatable bonds is 5. The highest BCUT2D eigenvalue weighted by atomic mass is 16.5. The average molecular weight is 392 g/mol. The van der Waals surface area contributed by atoms with Gasteiger partial charge < -0.3 is 9.47 Å². The highest BCUT2D eigenvalue weighted by Gasteiger charge is 2.32. The Morgan fingerprint density at radius 2 is 1.97 bits per heavy atom. The third kappa shape index (κ3) is 3.44. The number of anilines is 1. The van der Waals surface area contributed by atoms with Gasteiger partial charge in [-0.1, -0.05) is 22.9 Å². The van der Waals surface area contributed by atoms with Crippen LogP contribution in [0.4, 0.5) is 5.69 Å². The molecule has 0 aliphatic carbocycles. The maximum atomic E-state index is 12.6. The Balaban J connectivity index is 1.70. The van der Waals surface area contributed by atoms with Crippen molar-refractivity contribution in [3.8, 4) is 17.2 Å². The second kappa shape index (κ2) is 7.38. The Hall–Kier alpha value is -3.68. The van der Waals surface area contributed by atoms with Gasteiger partial charge in [0, 0.05) is 0 Å². The molecule has 0 fully saturated rings. The summed E-state index contributed by atoms with van der Waals surface area (Å²) in [7, 11) is 1.51. The molecule has 1 aromatic heterocycles. The molecule has 3 aromatic rings. The van der Waals surface area contributed by atoms with Crippen LogP contribution < -0.4 is 14.4 Å². The number of amides is 1. The first-order chi connectivity index (χ1) is 14.0. The maximum Gasteiger partial charge on any atom is 0.265 e. The van der Waals surface area contributed by atoms with Gasteiger partial charge in [0.25, 0.3) is 5.91 Å². The SMILES string of the molecule is COc1ccc(C(C)=O)c2c1N(Cc1cn(-c3ccc(C)cc3)nn1)C(=O)CO2. The molecule has 2 aromatic carbocycles. The number of aryl methyl sites for hydroxylation is 1. The number of carbonyl (C=O) groups is 2. The van der Waals surface area contributed by atoms with E-state index in [1.54, 1.807) is 23.0 Å². The van der Waals surface area contributed by atoms with Crippen molar-refractivity contribution in [2.24, 2.45) is 0 Å². The van der Waals surface area contributed by atoms with Crippen LogP contribution in [0, 0.1) is 6.92 Å². The van der Waals surface area contributed by atoms with E-state index < -0.39 is 0 Å². The standard InChI is InChI=1S/C21H20N4O4/c1-13-4-6-16(7-5-13)25-11-15(22-23-25)10-24-19(27)12-29-21-17(14(2)26)8-9-18(28-3)20(21)24/h4-9,11H,10,12H2,1-3H3. The third-order valence-corrected chi connectivity index (χ3v) is 4.76. The molecule has 0 saturated heterocycles. The van der Waals surface area contributed by atoms with Crippen LogP contribution in [-0.2, 0) is 11.3 Å². The van der Waals surface area contributed by atoms with E-state index in [1.807, 2.05) is 31.2 Å². The molecule has 4 rings (SSSR count). The molecule has 2 heterocycles. The first kappa shape index (κ1) is 18.7. The summed E-state index contributed by atoms with van der Waals surface area (Å²) in [6, 6.07) is 11.2. The van der Waals surface area contributed by atoms with E-state index in [1.165, 1.54) is 18.9 Å². The molecule has 1 amide bonds. The summed E-state index contributed by atoms with van der Waals surface area (Å²) in [5, 5.41) is 8.36. The number of hydrogen-bond acceptors (Lipinski definition) is 6. The lowest BCUT2D eigenvalue weighted by molar-refractivity contribution is -0.121. The molecule has 0 radical (unpaired) electrons. The van der Waals surface area contributed by atoms with E-state index in [9.17, 15) is 9.59 Å². The third-order valence-electron chi connectivity index (χ3n) is 4.76. The molecule has 0 bridgehead atoms. The summed E-state index contributed by atoms with van der Waals surface area (Å²) in [5.41, 5.74) is 3.46. The van der Waals surface area contributed by atoms with Gasteiger partial charge in [-0.2, -0.15) is 0 Å². The monoisotopic (exact) mass is 392 g/mol. The molecule has 8 nitrogen and oxygen atoms in total. The predicted octanol–water partition coefficient (Wildman–Crippen LogP) is 2.71. The number of ketones is 1. The van der Waals surface area contributed by atoms with E-state index in [0.717, 1.165) is 11.3 Å². The lowest BCUT2D eigenvalue weighted by atomic mass is 10.1. The summed E-state index contributed by atoms with van der Waals surface area (Å²) in [5.74, 6) is 0.399. The molecule has 0 N–H and O–H groups in total. The number of nitrogens with zero attached hydrogens (tertiary/aromatic N) is 4. The van der Waals surface area contributed by atoms with Crippen molar-refractivity contribution in [3.05, 3.63) is 59.4 Å². The molecular formula is C21H20N4O4. The Bertz CT molecular complexity index is 1090. The van der Waals surface area contributed by atoms with Gasteiger partial charge in [0.1, 0.15) is 17.1 Å². The van der Waals surface area contributed by atoms with Crippen molar-refractivity contribution < 1.29 is 19.1 Å². The molecule has 0 atom stereocenters. The minimum absolute atomic E-state index is 0.150. The molecule has 1 aliphatic rings. The molecule has 0 spiro atoms. The van der Waals surface area contributed by atoms with Crippen LogP contribution in [-0.4, -0.2) is 40.4 Å². The zero-order valence-electron chi connectivity index (χ0n) is 16.4. The fourth-order valence-corrected chi connectivity index (χ4v) is 3.26. The first-order valence-electron chi connectivity index (χ1n) is 9.11. The fraction of sp³-hybridized carbons (Fsp3) is 0.238. The van der Waals surface area contributed by atoms with E-state index in [0.29, 0.717) is 28.4 Å². The van der Waals surface area contributed by atoms with Gasteiger partial charge in [0.15, 0.2) is 18.1 Å². The second-order valence-corrected chi connectivity index (χ2v) is 6.81. The van der Waals surface area contributed by atoms with Crippen molar-refractivity contribution in [1.29, 1.82) is 0 Å². The average Bonchev–Trinajstić information content (AvgIpc) is 3.18. The van der Waals surface area contributed by atoms with Gasteiger partial charge in [-0.25, -0.2) is 4.68 Å². The van der Waals surface area contributed by atoms with Crippen LogP contribution in [0.1, 0.15) is 28.5 Å². The largest absolute Gasteiger partial charge is 0.494 e. The van der Waals surface area contributed by atoms with E-state index >= 15 is 0 Å². The predicted molar refractivity (Wildman–Crippen MR) is 106 cm³/mol. The van der Waals surface area contributed by atoms with Crippen LogP contribution in [0.15, 0.2) is 42.6 Å². The number of aromatic nitrogens is 3. The van der Waals surface area contributed by atoms with Gasteiger partial charge in [-0.3, -0.25) is 14.5 Å². The van der Waals surface area contributed by atoms with Crippen LogP contribution in [0.3, 0.4) is 0 Å². The highest BCUT2D eigenvalue weighted by molar-refractivity contribution is 6.05. The normalized spacial score (nSPS) is 13.1. The van der Waals surface area contributed by atoms with Gasteiger partial charge in [0.2, 0.25) is 0 Å². The maximum absolute atomic E-state index is 12.6. The Labute approximate surface area is 167 Å². The summed E-state index contributed by atoms with van der Waals surface area (Å²) >= 11 is 0. The smallest absolute Gasteiger partial charge is 0.265 e. The number of Topliss-reactive ketones (excluding diaryl/α,β-unsaturated/α-hetero) is 1. The van der Waals surface area contributed by atoms with E-state index in [2.05, 4.69) is 10.3 Å².